The topological polar surface area (TPSA) is 26.0 Å². The number of hydrogen-bond acceptors (Lipinski definition) is 1. The maximum absolute atomic E-state index is 13.5. The molecule has 2 unspecified atom stereocenters. The van der Waals surface area contributed by atoms with E-state index in [4.69, 9.17) is 17.3 Å². The van der Waals surface area contributed by atoms with E-state index in [1.807, 2.05) is 0 Å². The van der Waals surface area contributed by atoms with Crippen molar-refractivity contribution in [1.82, 2.24) is 0 Å². The molecule has 15 heavy (non-hydrogen) atoms. The van der Waals surface area contributed by atoms with Crippen molar-refractivity contribution >= 4 is 11.6 Å². The van der Waals surface area contributed by atoms with Gasteiger partial charge in [0.05, 0.1) is 0 Å². The maximum Gasteiger partial charge on any atom is 0.126 e. The normalized spacial score (nSPS) is 29.3. The van der Waals surface area contributed by atoms with Gasteiger partial charge in [0, 0.05) is 17.0 Å². The molecular weight excluding hydrogens is 213 g/mol. The average molecular weight is 228 g/mol. The monoisotopic (exact) mass is 227 g/mol. The highest BCUT2D eigenvalue weighted by molar-refractivity contribution is 6.31. The highest BCUT2D eigenvalue weighted by atomic mass is 35.5. The lowest BCUT2D eigenvalue weighted by atomic mass is 9.92. The van der Waals surface area contributed by atoms with E-state index in [0.29, 0.717) is 23.0 Å². The maximum atomic E-state index is 13.5. The number of hydrogen-bond donors (Lipinski definition) is 1. The molecule has 0 spiro atoms. The van der Waals surface area contributed by atoms with Crippen molar-refractivity contribution in [3.63, 3.8) is 0 Å². The van der Waals surface area contributed by atoms with Gasteiger partial charge in [0.25, 0.3) is 0 Å². The smallest absolute Gasteiger partial charge is 0.126 e. The Kier molecular flexibility index (Phi) is 2.52. The number of aryl methyl sites for hydroxylation is 1. The zero-order chi connectivity index (χ0) is 11.2. The van der Waals surface area contributed by atoms with Crippen LogP contribution in [0.2, 0.25) is 5.02 Å². The first kappa shape index (κ1) is 10.9. The van der Waals surface area contributed by atoms with Gasteiger partial charge < -0.3 is 5.73 Å². The number of rotatable bonds is 2. The van der Waals surface area contributed by atoms with Gasteiger partial charge in [-0.2, -0.15) is 0 Å². The Morgan fingerprint density at radius 1 is 1.60 bits per heavy atom. The molecule has 0 saturated heterocycles. The summed E-state index contributed by atoms with van der Waals surface area (Å²) in [5.41, 5.74) is 7.15. The largest absolute Gasteiger partial charge is 0.330 e. The van der Waals surface area contributed by atoms with Crippen LogP contribution in [-0.4, -0.2) is 6.54 Å². The molecule has 2 rings (SSSR count). The Hall–Kier alpha value is -0.600. The molecule has 1 aliphatic carbocycles. The molecule has 0 bridgehead atoms. The van der Waals surface area contributed by atoms with Crippen LogP contribution in [0.15, 0.2) is 12.1 Å². The molecule has 1 fully saturated rings. The summed E-state index contributed by atoms with van der Waals surface area (Å²) >= 11 is 6.15. The standard InChI is InChI=1S/C12H15ClFN/c1-7-3-10(13)9(4-11(7)14)12(6-15)5-8(12)2/h3-4,8H,5-6,15H2,1-2H3. The van der Waals surface area contributed by atoms with Crippen LogP contribution in [0, 0.1) is 18.7 Å². The first-order chi connectivity index (χ1) is 7.01. The molecule has 0 heterocycles. The Morgan fingerprint density at radius 2 is 2.20 bits per heavy atom. The van der Waals surface area contributed by atoms with Gasteiger partial charge in [-0.15, -0.1) is 0 Å². The zero-order valence-electron chi connectivity index (χ0n) is 8.98. The SMILES string of the molecule is Cc1cc(Cl)c(C2(CN)CC2C)cc1F. The summed E-state index contributed by atoms with van der Waals surface area (Å²) in [5, 5.41) is 0.642. The molecule has 3 heteroatoms. The van der Waals surface area contributed by atoms with Crippen molar-refractivity contribution in [3.8, 4) is 0 Å². The number of halogens is 2. The average Bonchev–Trinajstić information content (AvgIpc) is 2.84. The van der Waals surface area contributed by atoms with E-state index in [1.165, 1.54) is 0 Å². The zero-order valence-corrected chi connectivity index (χ0v) is 9.74. The van der Waals surface area contributed by atoms with Gasteiger partial charge in [-0.1, -0.05) is 18.5 Å². The molecule has 1 nitrogen and oxygen atoms in total. The Balaban J connectivity index is 2.49. The number of nitrogens with two attached hydrogens (primary N) is 1. The van der Waals surface area contributed by atoms with E-state index in [9.17, 15) is 4.39 Å². The van der Waals surface area contributed by atoms with Crippen molar-refractivity contribution in [2.24, 2.45) is 11.7 Å². The summed E-state index contributed by atoms with van der Waals surface area (Å²) in [4.78, 5) is 0. The van der Waals surface area contributed by atoms with Gasteiger partial charge in [-0.25, -0.2) is 4.39 Å². The van der Waals surface area contributed by atoms with E-state index in [0.717, 1.165) is 12.0 Å². The molecule has 1 aromatic carbocycles. The minimum Gasteiger partial charge on any atom is -0.330 e. The summed E-state index contributed by atoms with van der Waals surface area (Å²) in [7, 11) is 0. The van der Waals surface area contributed by atoms with Gasteiger partial charge in [0.2, 0.25) is 0 Å². The van der Waals surface area contributed by atoms with E-state index < -0.39 is 0 Å². The summed E-state index contributed by atoms with van der Waals surface area (Å²) in [5.74, 6) is 0.309. The molecule has 1 aliphatic rings. The van der Waals surface area contributed by atoms with Crippen molar-refractivity contribution in [1.29, 1.82) is 0 Å². The second-order valence-corrected chi connectivity index (χ2v) is 4.95. The Bertz CT molecular complexity index is 401. The molecule has 2 atom stereocenters. The third-order valence-corrected chi connectivity index (χ3v) is 3.92. The van der Waals surface area contributed by atoms with Gasteiger partial charge in [-0.05, 0) is 42.5 Å². The molecule has 2 N–H and O–H groups in total. The van der Waals surface area contributed by atoms with Crippen LogP contribution in [-0.2, 0) is 5.41 Å². The van der Waals surface area contributed by atoms with Gasteiger partial charge in [0.15, 0.2) is 0 Å². The quantitative estimate of drug-likeness (QED) is 0.826. The highest BCUT2D eigenvalue weighted by Crippen LogP contribution is 2.55. The molecular formula is C12H15ClFN. The van der Waals surface area contributed by atoms with Crippen LogP contribution in [0.4, 0.5) is 4.39 Å². The fourth-order valence-electron chi connectivity index (χ4n) is 2.29. The summed E-state index contributed by atoms with van der Waals surface area (Å²) in [6, 6.07) is 3.24. The lowest BCUT2D eigenvalue weighted by molar-refractivity contribution is 0.597. The summed E-state index contributed by atoms with van der Waals surface area (Å²) in [6.07, 6.45) is 1.01. The van der Waals surface area contributed by atoms with Crippen molar-refractivity contribution in [2.75, 3.05) is 6.54 Å². The molecule has 1 saturated carbocycles. The molecule has 0 aromatic heterocycles. The van der Waals surface area contributed by atoms with Crippen molar-refractivity contribution in [2.45, 2.75) is 25.7 Å². The van der Waals surface area contributed by atoms with E-state index >= 15 is 0 Å². The molecule has 0 radical (unpaired) electrons. The van der Waals surface area contributed by atoms with Crippen LogP contribution in [0.25, 0.3) is 0 Å². The van der Waals surface area contributed by atoms with Crippen LogP contribution >= 0.6 is 11.6 Å². The predicted octanol–water partition coefficient (Wildman–Crippen LogP) is 3.02. The third kappa shape index (κ3) is 1.56. The fraction of sp³-hybridized carbons (Fsp3) is 0.500. The van der Waals surface area contributed by atoms with Crippen LogP contribution in [0.3, 0.4) is 0 Å². The third-order valence-electron chi connectivity index (χ3n) is 3.60. The van der Waals surface area contributed by atoms with Gasteiger partial charge in [0.1, 0.15) is 5.82 Å². The molecule has 0 aliphatic heterocycles. The molecule has 82 valence electrons. The lowest BCUT2D eigenvalue weighted by Gasteiger charge is -2.17. The van der Waals surface area contributed by atoms with E-state index in [-0.39, 0.29) is 11.2 Å². The van der Waals surface area contributed by atoms with Crippen molar-refractivity contribution < 1.29 is 4.39 Å². The second kappa shape index (κ2) is 3.46. The number of benzene rings is 1. The molecule has 1 aromatic rings. The summed E-state index contributed by atoms with van der Waals surface area (Å²) < 4.78 is 13.5. The second-order valence-electron chi connectivity index (χ2n) is 4.55. The van der Waals surface area contributed by atoms with Crippen LogP contribution < -0.4 is 5.73 Å². The first-order valence-corrected chi connectivity index (χ1v) is 5.55. The Morgan fingerprint density at radius 3 is 2.67 bits per heavy atom. The Labute approximate surface area is 94.4 Å². The van der Waals surface area contributed by atoms with Gasteiger partial charge in [-0.3, -0.25) is 0 Å². The first-order valence-electron chi connectivity index (χ1n) is 5.17. The fourth-order valence-corrected chi connectivity index (χ4v) is 2.69. The minimum atomic E-state index is -0.193. The lowest BCUT2D eigenvalue weighted by Crippen LogP contribution is -2.22. The van der Waals surface area contributed by atoms with Gasteiger partial charge >= 0.3 is 0 Å². The molecule has 0 amide bonds. The van der Waals surface area contributed by atoms with Crippen LogP contribution in [0.5, 0.6) is 0 Å². The van der Waals surface area contributed by atoms with E-state index in [1.54, 1.807) is 19.1 Å². The minimum absolute atomic E-state index is 0.0778. The van der Waals surface area contributed by atoms with E-state index in [2.05, 4.69) is 6.92 Å². The predicted molar refractivity (Wildman–Crippen MR) is 60.7 cm³/mol. The van der Waals surface area contributed by atoms with Crippen LogP contribution in [0.1, 0.15) is 24.5 Å². The van der Waals surface area contributed by atoms with Crippen molar-refractivity contribution in [3.05, 3.63) is 34.1 Å². The highest BCUT2D eigenvalue weighted by Gasteiger charge is 2.52. The summed E-state index contributed by atoms with van der Waals surface area (Å²) in [6.45, 7) is 4.38.